The average molecular weight is 246 g/mol. The summed E-state index contributed by atoms with van der Waals surface area (Å²) in [5.74, 6) is -0.0261. The summed E-state index contributed by atoms with van der Waals surface area (Å²) >= 11 is 0. The van der Waals surface area contributed by atoms with Crippen LogP contribution in [0.25, 0.3) is 0 Å². The number of aliphatic hydroxyl groups excluding tert-OH is 1. The molecule has 0 aromatic rings. The Kier molecular flexibility index (Phi) is 8.12. The van der Waals surface area contributed by atoms with Crippen LogP contribution in [0.15, 0.2) is 0 Å². The molecule has 0 rings (SSSR count). The number of hydrogen-bond acceptors (Lipinski definition) is 4. The highest BCUT2D eigenvalue weighted by atomic mass is 16.5. The molecule has 0 aliphatic heterocycles. The Morgan fingerprint density at radius 2 is 2.12 bits per heavy atom. The third-order valence-corrected chi connectivity index (χ3v) is 2.67. The second-order valence-corrected chi connectivity index (χ2v) is 5.02. The van der Waals surface area contributed by atoms with Gasteiger partial charge in [0.2, 0.25) is 5.91 Å². The van der Waals surface area contributed by atoms with Crippen LogP contribution in [0.1, 0.15) is 27.2 Å². The molecule has 0 bridgehead atoms. The van der Waals surface area contributed by atoms with Gasteiger partial charge in [-0.2, -0.15) is 0 Å². The highest BCUT2D eigenvalue weighted by Crippen LogP contribution is 2.18. The summed E-state index contributed by atoms with van der Waals surface area (Å²) in [6, 6.07) is -0.232. The molecule has 5 nitrogen and oxygen atoms in total. The van der Waals surface area contributed by atoms with E-state index >= 15 is 0 Å². The number of methoxy groups -OCH3 is 1. The molecular formula is C12H26N2O3. The van der Waals surface area contributed by atoms with Crippen molar-refractivity contribution in [3.8, 4) is 0 Å². The highest BCUT2D eigenvalue weighted by Gasteiger charge is 2.20. The van der Waals surface area contributed by atoms with Crippen molar-refractivity contribution in [2.45, 2.75) is 33.2 Å². The summed E-state index contributed by atoms with van der Waals surface area (Å²) in [5, 5.41) is 14.8. The minimum Gasteiger partial charge on any atom is -0.396 e. The molecular weight excluding hydrogens is 220 g/mol. The van der Waals surface area contributed by atoms with Crippen LogP contribution in [-0.4, -0.2) is 50.5 Å². The first-order chi connectivity index (χ1) is 7.93. The molecule has 0 saturated heterocycles. The quantitative estimate of drug-likeness (QED) is 0.506. The third-order valence-electron chi connectivity index (χ3n) is 2.67. The van der Waals surface area contributed by atoms with Gasteiger partial charge in [0, 0.05) is 26.8 Å². The smallest absolute Gasteiger partial charge is 0.236 e. The largest absolute Gasteiger partial charge is 0.396 e. The average Bonchev–Trinajstić information content (AvgIpc) is 2.26. The molecule has 1 atom stereocenters. The molecule has 3 N–H and O–H groups in total. The van der Waals surface area contributed by atoms with E-state index in [9.17, 15) is 4.79 Å². The summed E-state index contributed by atoms with van der Waals surface area (Å²) in [7, 11) is 1.60. The van der Waals surface area contributed by atoms with Gasteiger partial charge in [0.15, 0.2) is 0 Å². The van der Waals surface area contributed by atoms with Crippen LogP contribution in [0, 0.1) is 5.41 Å². The molecule has 0 aromatic heterocycles. The summed E-state index contributed by atoms with van der Waals surface area (Å²) < 4.78 is 4.86. The van der Waals surface area contributed by atoms with E-state index in [1.807, 2.05) is 6.92 Å². The first kappa shape index (κ1) is 16.4. The first-order valence-corrected chi connectivity index (χ1v) is 6.04. The molecule has 17 heavy (non-hydrogen) atoms. The Labute approximate surface area is 104 Å². The van der Waals surface area contributed by atoms with Gasteiger partial charge in [-0.3, -0.25) is 4.79 Å². The molecule has 0 saturated carbocycles. The number of aliphatic hydroxyl groups is 1. The molecule has 5 heteroatoms. The fraction of sp³-hybridized carbons (Fsp3) is 0.917. The number of ether oxygens (including phenoxy) is 1. The summed E-state index contributed by atoms with van der Waals surface area (Å²) in [6.07, 6.45) is 0.720. The van der Waals surface area contributed by atoms with Gasteiger partial charge in [0.1, 0.15) is 0 Å². The maximum absolute atomic E-state index is 11.6. The van der Waals surface area contributed by atoms with E-state index in [2.05, 4.69) is 24.5 Å². The van der Waals surface area contributed by atoms with Gasteiger partial charge in [-0.25, -0.2) is 0 Å². The van der Waals surface area contributed by atoms with Gasteiger partial charge in [0.25, 0.3) is 0 Å². The third kappa shape index (κ3) is 8.12. The van der Waals surface area contributed by atoms with Crippen LogP contribution >= 0.6 is 0 Å². The standard InChI is InChI=1S/C12H26N2O3/c1-10(11(16)13-6-8-17-4)14-9-12(2,3)5-7-15/h10,14-15H,5-9H2,1-4H3,(H,13,16). The lowest BCUT2D eigenvalue weighted by atomic mass is 9.89. The van der Waals surface area contributed by atoms with Crippen molar-refractivity contribution < 1.29 is 14.6 Å². The predicted octanol–water partition coefficient (Wildman–Crippen LogP) is 0.136. The molecule has 0 aromatic carbocycles. The fourth-order valence-electron chi connectivity index (χ4n) is 1.34. The van der Waals surface area contributed by atoms with Gasteiger partial charge < -0.3 is 20.5 Å². The number of nitrogens with one attached hydrogen (secondary N) is 2. The normalized spacial score (nSPS) is 13.5. The zero-order chi connectivity index (χ0) is 13.3. The summed E-state index contributed by atoms with van der Waals surface area (Å²) in [6.45, 7) is 7.88. The van der Waals surface area contributed by atoms with E-state index in [0.29, 0.717) is 19.7 Å². The van der Waals surface area contributed by atoms with Crippen molar-refractivity contribution in [1.82, 2.24) is 10.6 Å². The van der Waals surface area contributed by atoms with E-state index in [1.54, 1.807) is 7.11 Å². The zero-order valence-electron chi connectivity index (χ0n) is 11.4. The van der Waals surface area contributed by atoms with Crippen molar-refractivity contribution >= 4 is 5.91 Å². The van der Waals surface area contributed by atoms with Crippen molar-refractivity contribution in [3.05, 3.63) is 0 Å². The zero-order valence-corrected chi connectivity index (χ0v) is 11.4. The summed E-state index contributed by atoms with van der Waals surface area (Å²) in [5.41, 5.74) is -0.00415. The van der Waals surface area contributed by atoms with Crippen molar-refractivity contribution in [3.63, 3.8) is 0 Å². The van der Waals surface area contributed by atoms with Gasteiger partial charge in [-0.1, -0.05) is 13.8 Å². The minimum atomic E-state index is -0.232. The van der Waals surface area contributed by atoms with Crippen LogP contribution in [-0.2, 0) is 9.53 Å². The number of rotatable bonds is 9. The van der Waals surface area contributed by atoms with E-state index in [4.69, 9.17) is 9.84 Å². The van der Waals surface area contributed by atoms with Crippen LogP contribution < -0.4 is 10.6 Å². The number of carbonyl (C=O) groups is 1. The molecule has 1 unspecified atom stereocenters. The fourth-order valence-corrected chi connectivity index (χ4v) is 1.34. The highest BCUT2D eigenvalue weighted by molar-refractivity contribution is 5.81. The Morgan fingerprint density at radius 3 is 2.65 bits per heavy atom. The van der Waals surface area contributed by atoms with Crippen LogP contribution in [0.2, 0.25) is 0 Å². The number of hydrogen-bond donors (Lipinski definition) is 3. The lowest BCUT2D eigenvalue weighted by Crippen LogP contribution is -2.46. The van der Waals surface area contributed by atoms with Crippen molar-refractivity contribution in [1.29, 1.82) is 0 Å². The summed E-state index contributed by atoms with van der Waals surface area (Å²) in [4.78, 5) is 11.6. The lowest BCUT2D eigenvalue weighted by Gasteiger charge is -2.26. The van der Waals surface area contributed by atoms with E-state index in [-0.39, 0.29) is 24.0 Å². The first-order valence-electron chi connectivity index (χ1n) is 6.04. The van der Waals surface area contributed by atoms with E-state index < -0.39 is 0 Å². The minimum absolute atomic E-state index is 0.00415. The number of carbonyl (C=O) groups excluding carboxylic acids is 1. The van der Waals surface area contributed by atoms with Crippen LogP contribution in [0.5, 0.6) is 0 Å². The monoisotopic (exact) mass is 246 g/mol. The molecule has 102 valence electrons. The number of amides is 1. The predicted molar refractivity (Wildman–Crippen MR) is 67.8 cm³/mol. The van der Waals surface area contributed by atoms with Crippen molar-refractivity contribution in [2.75, 3.05) is 33.4 Å². The maximum Gasteiger partial charge on any atom is 0.236 e. The van der Waals surface area contributed by atoms with Gasteiger partial charge in [-0.05, 0) is 18.8 Å². The van der Waals surface area contributed by atoms with Gasteiger partial charge in [0.05, 0.1) is 12.6 Å². The second kappa shape index (κ2) is 8.44. The second-order valence-electron chi connectivity index (χ2n) is 5.02. The SMILES string of the molecule is COCCNC(=O)C(C)NCC(C)(C)CCO. The van der Waals surface area contributed by atoms with Gasteiger partial charge in [-0.15, -0.1) is 0 Å². The molecule has 1 amide bonds. The van der Waals surface area contributed by atoms with E-state index in [0.717, 1.165) is 6.42 Å². The Bertz CT molecular complexity index is 220. The molecule has 0 fully saturated rings. The Balaban J connectivity index is 3.84. The topological polar surface area (TPSA) is 70.6 Å². The lowest BCUT2D eigenvalue weighted by molar-refractivity contribution is -0.123. The Hall–Kier alpha value is -0.650. The van der Waals surface area contributed by atoms with Crippen LogP contribution in [0.3, 0.4) is 0 Å². The van der Waals surface area contributed by atoms with Gasteiger partial charge >= 0.3 is 0 Å². The molecule has 0 heterocycles. The molecule has 0 spiro atoms. The molecule has 0 radical (unpaired) electrons. The van der Waals surface area contributed by atoms with E-state index in [1.165, 1.54) is 0 Å². The van der Waals surface area contributed by atoms with Crippen molar-refractivity contribution in [2.24, 2.45) is 5.41 Å². The Morgan fingerprint density at radius 1 is 1.47 bits per heavy atom. The maximum atomic E-state index is 11.6. The molecule has 0 aliphatic carbocycles. The van der Waals surface area contributed by atoms with Crippen LogP contribution in [0.4, 0.5) is 0 Å². The molecule has 0 aliphatic rings.